The van der Waals surface area contributed by atoms with Crippen LogP contribution in [0.1, 0.15) is 59.9 Å². The lowest BCUT2D eigenvalue weighted by atomic mass is 9.85. The van der Waals surface area contributed by atoms with Crippen LogP contribution in [0.25, 0.3) is 0 Å². The Morgan fingerprint density at radius 1 is 1.33 bits per heavy atom. The first kappa shape index (κ1) is 14.0. The second kappa shape index (κ2) is 5.47. The number of likely N-dealkylation sites (tertiary alicyclic amines) is 1. The summed E-state index contributed by atoms with van der Waals surface area (Å²) in [5.41, 5.74) is 0.355. The van der Waals surface area contributed by atoms with E-state index in [9.17, 15) is 9.59 Å². The van der Waals surface area contributed by atoms with Gasteiger partial charge >= 0.3 is 5.97 Å². The van der Waals surface area contributed by atoms with Gasteiger partial charge in [0, 0.05) is 18.3 Å². The standard InChI is InChI=1S/C16H20N2O3/c1-10-8-11-4-2-3-5-14(11)18(10)15(19)13-9-12(16(20)21)6-7-17-13/h6-7,9-11,14H,2-5,8H2,1H3,(H,20,21). The topological polar surface area (TPSA) is 70.5 Å². The van der Waals surface area contributed by atoms with Crippen LogP contribution in [0.15, 0.2) is 18.3 Å². The van der Waals surface area contributed by atoms with Crippen molar-refractivity contribution in [2.24, 2.45) is 5.92 Å². The summed E-state index contributed by atoms with van der Waals surface area (Å²) in [7, 11) is 0. The highest BCUT2D eigenvalue weighted by molar-refractivity contribution is 5.96. The third kappa shape index (κ3) is 2.52. The lowest BCUT2D eigenvalue weighted by Crippen LogP contribution is -2.42. The predicted octanol–water partition coefficient (Wildman–Crippen LogP) is 2.57. The highest BCUT2D eigenvalue weighted by Gasteiger charge is 2.43. The average Bonchev–Trinajstić information content (AvgIpc) is 2.82. The Bertz CT molecular complexity index is 572. The normalized spacial score (nSPS) is 28.2. The molecule has 2 fully saturated rings. The SMILES string of the molecule is CC1CC2CCCCC2N1C(=O)c1cc(C(=O)O)ccn1. The third-order valence-corrected chi connectivity index (χ3v) is 4.81. The van der Waals surface area contributed by atoms with Crippen molar-refractivity contribution in [3.8, 4) is 0 Å². The molecule has 1 N–H and O–H groups in total. The molecule has 2 heterocycles. The second-order valence-corrected chi connectivity index (χ2v) is 6.14. The lowest BCUT2D eigenvalue weighted by molar-refractivity contribution is 0.0627. The van der Waals surface area contributed by atoms with E-state index in [0.717, 1.165) is 12.8 Å². The number of nitrogens with zero attached hydrogens (tertiary/aromatic N) is 2. The molecule has 112 valence electrons. The van der Waals surface area contributed by atoms with Gasteiger partial charge in [0.15, 0.2) is 0 Å². The van der Waals surface area contributed by atoms with Crippen LogP contribution in [-0.2, 0) is 0 Å². The smallest absolute Gasteiger partial charge is 0.335 e. The first-order valence-corrected chi connectivity index (χ1v) is 7.60. The number of hydrogen-bond acceptors (Lipinski definition) is 3. The van der Waals surface area contributed by atoms with E-state index in [4.69, 9.17) is 5.11 Å². The van der Waals surface area contributed by atoms with Gasteiger partial charge in [-0.05, 0) is 44.2 Å². The summed E-state index contributed by atoms with van der Waals surface area (Å²) in [4.78, 5) is 29.8. The number of carbonyl (C=O) groups excluding carboxylic acids is 1. The molecule has 5 nitrogen and oxygen atoms in total. The molecule has 1 amide bonds. The van der Waals surface area contributed by atoms with Crippen LogP contribution in [0.5, 0.6) is 0 Å². The van der Waals surface area contributed by atoms with E-state index in [1.165, 1.54) is 37.6 Å². The number of hydrogen-bond donors (Lipinski definition) is 1. The van der Waals surface area contributed by atoms with Crippen molar-refractivity contribution < 1.29 is 14.7 Å². The second-order valence-electron chi connectivity index (χ2n) is 6.14. The Morgan fingerprint density at radius 3 is 2.86 bits per heavy atom. The fourth-order valence-electron chi connectivity index (χ4n) is 3.87. The highest BCUT2D eigenvalue weighted by atomic mass is 16.4. The molecule has 1 saturated carbocycles. The van der Waals surface area contributed by atoms with Crippen molar-refractivity contribution in [1.29, 1.82) is 0 Å². The molecule has 3 unspecified atom stereocenters. The van der Waals surface area contributed by atoms with Crippen molar-refractivity contribution in [2.75, 3.05) is 0 Å². The molecule has 0 spiro atoms. The van der Waals surface area contributed by atoms with E-state index < -0.39 is 5.97 Å². The molecule has 1 saturated heterocycles. The number of pyridine rings is 1. The van der Waals surface area contributed by atoms with E-state index in [2.05, 4.69) is 11.9 Å². The number of fused-ring (bicyclic) bond motifs is 1. The molecule has 1 aliphatic heterocycles. The summed E-state index contributed by atoms with van der Waals surface area (Å²) in [5, 5.41) is 9.04. The zero-order valence-electron chi connectivity index (χ0n) is 12.2. The number of rotatable bonds is 2. The van der Waals surface area contributed by atoms with Crippen molar-refractivity contribution in [1.82, 2.24) is 9.88 Å². The fraction of sp³-hybridized carbons (Fsp3) is 0.562. The first-order valence-electron chi connectivity index (χ1n) is 7.60. The van der Waals surface area contributed by atoms with Crippen LogP contribution in [0.2, 0.25) is 0 Å². The zero-order chi connectivity index (χ0) is 15.0. The molecule has 0 bridgehead atoms. The van der Waals surface area contributed by atoms with E-state index in [-0.39, 0.29) is 23.2 Å². The maximum absolute atomic E-state index is 12.8. The maximum atomic E-state index is 12.8. The van der Waals surface area contributed by atoms with Crippen LogP contribution in [0.4, 0.5) is 0 Å². The molecule has 3 rings (SSSR count). The first-order chi connectivity index (χ1) is 10.1. The van der Waals surface area contributed by atoms with Crippen molar-refractivity contribution >= 4 is 11.9 Å². The third-order valence-electron chi connectivity index (χ3n) is 4.81. The molecule has 0 radical (unpaired) electrons. The molecule has 1 aliphatic carbocycles. The number of carboxylic acids is 1. The predicted molar refractivity (Wildman–Crippen MR) is 77.2 cm³/mol. The van der Waals surface area contributed by atoms with E-state index >= 15 is 0 Å². The quantitative estimate of drug-likeness (QED) is 0.908. The monoisotopic (exact) mass is 288 g/mol. The van der Waals surface area contributed by atoms with Gasteiger partial charge < -0.3 is 10.0 Å². The van der Waals surface area contributed by atoms with Crippen LogP contribution < -0.4 is 0 Å². The molecular weight excluding hydrogens is 268 g/mol. The van der Waals surface area contributed by atoms with Gasteiger partial charge in [-0.15, -0.1) is 0 Å². The molecule has 1 aromatic heterocycles. The summed E-state index contributed by atoms with van der Waals surface area (Å²) in [6.07, 6.45) is 7.12. The molecule has 1 aromatic rings. The Morgan fingerprint density at radius 2 is 2.10 bits per heavy atom. The zero-order valence-corrected chi connectivity index (χ0v) is 12.2. The van der Waals surface area contributed by atoms with Gasteiger partial charge in [-0.2, -0.15) is 0 Å². The van der Waals surface area contributed by atoms with Gasteiger partial charge in [0.05, 0.1) is 5.56 Å². The lowest BCUT2D eigenvalue weighted by Gasteiger charge is -2.33. The van der Waals surface area contributed by atoms with Crippen molar-refractivity contribution in [3.05, 3.63) is 29.6 Å². The molecule has 0 aromatic carbocycles. The minimum Gasteiger partial charge on any atom is -0.478 e. The van der Waals surface area contributed by atoms with Crippen LogP contribution >= 0.6 is 0 Å². The van der Waals surface area contributed by atoms with Crippen LogP contribution in [-0.4, -0.2) is 39.0 Å². The minimum atomic E-state index is -1.03. The van der Waals surface area contributed by atoms with Crippen LogP contribution in [0, 0.1) is 5.92 Å². The van der Waals surface area contributed by atoms with Crippen molar-refractivity contribution in [3.63, 3.8) is 0 Å². The number of carbonyl (C=O) groups is 2. The number of carboxylic acid groups (broad SMARTS) is 1. The Balaban J connectivity index is 1.87. The highest BCUT2D eigenvalue weighted by Crippen LogP contribution is 2.40. The van der Waals surface area contributed by atoms with Gasteiger partial charge in [-0.25, -0.2) is 4.79 Å². The Hall–Kier alpha value is -1.91. The summed E-state index contributed by atoms with van der Waals surface area (Å²) in [6.45, 7) is 2.08. The largest absolute Gasteiger partial charge is 0.478 e. The van der Waals surface area contributed by atoms with Crippen LogP contribution in [0.3, 0.4) is 0 Å². The number of aromatic carboxylic acids is 1. The summed E-state index contributed by atoms with van der Waals surface area (Å²) < 4.78 is 0. The van der Waals surface area contributed by atoms with Gasteiger partial charge in [0.2, 0.25) is 0 Å². The van der Waals surface area contributed by atoms with Gasteiger partial charge in [0.1, 0.15) is 5.69 Å². The molecule has 5 heteroatoms. The van der Waals surface area contributed by atoms with Gasteiger partial charge in [-0.1, -0.05) is 12.8 Å². The Labute approximate surface area is 124 Å². The fourth-order valence-corrected chi connectivity index (χ4v) is 3.87. The van der Waals surface area contributed by atoms with E-state index in [0.29, 0.717) is 12.0 Å². The molecule has 21 heavy (non-hydrogen) atoms. The summed E-state index contributed by atoms with van der Waals surface area (Å²) >= 11 is 0. The average molecular weight is 288 g/mol. The minimum absolute atomic E-state index is 0.111. The Kier molecular flexibility index (Phi) is 3.66. The van der Waals surface area contributed by atoms with Gasteiger partial charge in [-0.3, -0.25) is 9.78 Å². The van der Waals surface area contributed by atoms with Gasteiger partial charge in [0.25, 0.3) is 5.91 Å². The van der Waals surface area contributed by atoms with E-state index in [1.54, 1.807) is 0 Å². The molecular formula is C16H20N2O3. The van der Waals surface area contributed by atoms with Crippen molar-refractivity contribution in [2.45, 2.75) is 51.1 Å². The van der Waals surface area contributed by atoms with E-state index in [1.807, 2.05) is 4.90 Å². The molecule has 3 atom stereocenters. The summed E-state index contributed by atoms with van der Waals surface area (Å²) in [5.74, 6) is -0.559. The summed E-state index contributed by atoms with van der Waals surface area (Å²) in [6, 6.07) is 3.31. The number of amides is 1. The number of aromatic nitrogens is 1. The molecule has 2 aliphatic rings. The maximum Gasteiger partial charge on any atom is 0.335 e.